The maximum atomic E-state index is 12.1. The number of carbonyl (C=O) groups excluding carboxylic acids is 1. The molecule has 1 unspecified atom stereocenters. The van der Waals surface area contributed by atoms with Crippen LogP contribution in [0.5, 0.6) is 0 Å². The van der Waals surface area contributed by atoms with E-state index >= 15 is 0 Å². The first kappa shape index (κ1) is 16.0. The van der Waals surface area contributed by atoms with Gasteiger partial charge in [0.1, 0.15) is 0 Å². The van der Waals surface area contributed by atoms with E-state index in [-0.39, 0.29) is 11.9 Å². The van der Waals surface area contributed by atoms with Gasteiger partial charge in [-0.25, -0.2) is 0 Å². The van der Waals surface area contributed by atoms with Gasteiger partial charge in [-0.2, -0.15) is 0 Å². The van der Waals surface area contributed by atoms with Crippen molar-refractivity contribution in [3.63, 3.8) is 0 Å². The third kappa shape index (κ3) is 4.57. The Labute approximate surface area is 128 Å². The third-order valence-electron chi connectivity index (χ3n) is 4.55. The molecule has 1 fully saturated rings. The Morgan fingerprint density at radius 3 is 2.48 bits per heavy atom. The molecule has 3 N–H and O–H groups in total. The maximum Gasteiger partial charge on any atom is 0.221 e. The van der Waals surface area contributed by atoms with E-state index in [0.29, 0.717) is 17.8 Å². The van der Waals surface area contributed by atoms with Gasteiger partial charge in [0.2, 0.25) is 5.91 Å². The highest BCUT2D eigenvalue weighted by atomic mass is 16.1. The Hall–Kier alpha value is -1.35. The van der Waals surface area contributed by atoms with Crippen LogP contribution in [0.2, 0.25) is 0 Å². The van der Waals surface area contributed by atoms with Gasteiger partial charge in [-0.05, 0) is 36.2 Å². The normalized spacial score (nSPS) is 18.1. The smallest absolute Gasteiger partial charge is 0.221 e. The number of nitrogens with two attached hydrogens (primary N) is 1. The van der Waals surface area contributed by atoms with Gasteiger partial charge < -0.3 is 11.1 Å². The molecule has 0 bridgehead atoms. The molecule has 0 aromatic heterocycles. The van der Waals surface area contributed by atoms with Crippen LogP contribution in [0.3, 0.4) is 0 Å². The predicted octanol–water partition coefficient (Wildman–Crippen LogP) is 3.41. The topological polar surface area (TPSA) is 55.1 Å². The zero-order chi connectivity index (χ0) is 15.3. The summed E-state index contributed by atoms with van der Waals surface area (Å²) < 4.78 is 0. The minimum absolute atomic E-state index is 0.0707. The second kappa shape index (κ2) is 7.08. The second-order valence-corrected chi connectivity index (χ2v) is 6.95. The van der Waals surface area contributed by atoms with Crippen molar-refractivity contribution in [1.82, 2.24) is 5.32 Å². The van der Waals surface area contributed by atoms with Gasteiger partial charge in [-0.3, -0.25) is 4.79 Å². The van der Waals surface area contributed by atoms with E-state index in [2.05, 4.69) is 19.2 Å². The van der Waals surface area contributed by atoms with E-state index in [4.69, 9.17) is 5.73 Å². The number of hydrogen-bond donors (Lipinski definition) is 2. The molecular formula is C18H28N2O. The molecule has 3 heteroatoms. The summed E-state index contributed by atoms with van der Waals surface area (Å²) in [7, 11) is 0. The molecule has 3 nitrogen and oxygen atoms in total. The molecule has 1 saturated carbocycles. The number of benzene rings is 1. The predicted molar refractivity (Wildman–Crippen MR) is 86.7 cm³/mol. The van der Waals surface area contributed by atoms with Crippen LogP contribution in [0, 0.1) is 11.3 Å². The van der Waals surface area contributed by atoms with E-state index < -0.39 is 0 Å². The monoisotopic (exact) mass is 288 g/mol. The molecule has 2 rings (SSSR count). The van der Waals surface area contributed by atoms with Crippen molar-refractivity contribution in [1.29, 1.82) is 0 Å². The Morgan fingerprint density at radius 1 is 1.29 bits per heavy atom. The summed E-state index contributed by atoms with van der Waals surface area (Å²) in [5, 5.41) is 3.11. The van der Waals surface area contributed by atoms with Crippen molar-refractivity contribution >= 4 is 5.91 Å². The molecule has 1 aromatic carbocycles. The molecule has 0 saturated heterocycles. The highest BCUT2D eigenvalue weighted by Crippen LogP contribution is 2.45. The fourth-order valence-corrected chi connectivity index (χ4v) is 3.37. The number of hydrogen-bond acceptors (Lipinski definition) is 2. The molecule has 0 aliphatic heterocycles. The highest BCUT2D eigenvalue weighted by molar-refractivity contribution is 5.76. The van der Waals surface area contributed by atoms with Gasteiger partial charge >= 0.3 is 0 Å². The van der Waals surface area contributed by atoms with Crippen molar-refractivity contribution in [3.8, 4) is 0 Å². The summed E-state index contributed by atoms with van der Waals surface area (Å²) in [5.74, 6) is 0.759. The van der Waals surface area contributed by atoms with Gasteiger partial charge in [0, 0.05) is 19.0 Å². The summed E-state index contributed by atoms with van der Waals surface area (Å²) >= 11 is 0. The minimum Gasteiger partial charge on any atom is -0.355 e. The van der Waals surface area contributed by atoms with Crippen LogP contribution < -0.4 is 11.1 Å². The molecular weight excluding hydrogens is 260 g/mol. The molecule has 0 heterocycles. The Kier molecular flexibility index (Phi) is 5.40. The fourth-order valence-electron chi connectivity index (χ4n) is 3.37. The van der Waals surface area contributed by atoms with Crippen LogP contribution in [0.4, 0.5) is 0 Å². The molecule has 0 spiro atoms. The van der Waals surface area contributed by atoms with Crippen LogP contribution in [0.15, 0.2) is 30.3 Å². The van der Waals surface area contributed by atoms with Crippen LogP contribution in [0.25, 0.3) is 0 Å². The molecule has 116 valence electrons. The van der Waals surface area contributed by atoms with Crippen LogP contribution in [0.1, 0.15) is 57.6 Å². The standard InChI is InChI=1S/C18H28N2O/c1-14(2)12-18(9-6-10-18)13-20-17(21)11-16(19)15-7-4-3-5-8-15/h3-5,7-8,14,16H,6,9-13,19H2,1-2H3,(H,20,21). The molecule has 1 aromatic rings. The maximum absolute atomic E-state index is 12.1. The average Bonchev–Trinajstić information content (AvgIpc) is 2.42. The zero-order valence-corrected chi connectivity index (χ0v) is 13.3. The SMILES string of the molecule is CC(C)CC1(CNC(=O)CC(N)c2ccccc2)CCC1. The van der Waals surface area contributed by atoms with Crippen LogP contribution in [-0.4, -0.2) is 12.5 Å². The summed E-state index contributed by atoms with van der Waals surface area (Å²) in [6, 6.07) is 9.61. The van der Waals surface area contributed by atoms with Gasteiger partial charge in [0.15, 0.2) is 0 Å². The largest absolute Gasteiger partial charge is 0.355 e. The average molecular weight is 288 g/mol. The van der Waals surface area contributed by atoms with E-state index in [1.807, 2.05) is 30.3 Å². The second-order valence-electron chi connectivity index (χ2n) is 6.95. The minimum atomic E-state index is -0.214. The molecule has 1 amide bonds. The number of amides is 1. The summed E-state index contributed by atoms with van der Waals surface area (Å²) in [6.45, 7) is 5.33. The lowest BCUT2D eigenvalue weighted by atomic mass is 9.64. The quantitative estimate of drug-likeness (QED) is 0.808. The first-order valence-corrected chi connectivity index (χ1v) is 8.08. The molecule has 1 aliphatic carbocycles. The van der Waals surface area contributed by atoms with E-state index in [1.54, 1.807) is 0 Å². The Morgan fingerprint density at radius 2 is 1.95 bits per heavy atom. The summed E-state index contributed by atoms with van der Waals surface area (Å²) in [6.07, 6.45) is 5.36. The van der Waals surface area contributed by atoms with Crippen molar-refractivity contribution in [2.75, 3.05) is 6.54 Å². The van der Waals surface area contributed by atoms with Crippen molar-refractivity contribution in [3.05, 3.63) is 35.9 Å². The van der Waals surface area contributed by atoms with E-state index in [0.717, 1.165) is 12.1 Å². The van der Waals surface area contributed by atoms with E-state index in [9.17, 15) is 4.79 Å². The number of nitrogens with one attached hydrogen (secondary N) is 1. The molecule has 1 aliphatic rings. The van der Waals surface area contributed by atoms with Crippen LogP contribution in [-0.2, 0) is 4.79 Å². The lowest BCUT2D eigenvalue weighted by molar-refractivity contribution is -0.122. The van der Waals surface area contributed by atoms with Gasteiger partial charge in [-0.15, -0.1) is 0 Å². The van der Waals surface area contributed by atoms with E-state index in [1.165, 1.54) is 25.7 Å². The fraction of sp³-hybridized carbons (Fsp3) is 0.611. The lowest BCUT2D eigenvalue weighted by Gasteiger charge is -2.43. The first-order chi connectivity index (χ1) is 10.0. The first-order valence-electron chi connectivity index (χ1n) is 8.08. The van der Waals surface area contributed by atoms with Gasteiger partial charge in [0.05, 0.1) is 0 Å². The molecule has 21 heavy (non-hydrogen) atoms. The summed E-state index contributed by atoms with van der Waals surface area (Å²) in [4.78, 5) is 12.1. The lowest BCUT2D eigenvalue weighted by Crippen LogP contribution is -2.43. The third-order valence-corrected chi connectivity index (χ3v) is 4.55. The number of rotatable bonds is 7. The zero-order valence-electron chi connectivity index (χ0n) is 13.3. The van der Waals surface area contributed by atoms with Crippen molar-refractivity contribution in [2.24, 2.45) is 17.1 Å². The molecule has 1 atom stereocenters. The number of carbonyl (C=O) groups is 1. The summed E-state index contributed by atoms with van der Waals surface area (Å²) in [5.41, 5.74) is 7.47. The molecule has 0 radical (unpaired) electrons. The van der Waals surface area contributed by atoms with Crippen LogP contribution >= 0.6 is 0 Å². The Bertz CT molecular complexity index is 452. The van der Waals surface area contributed by atoms with Crippen molar-refractivity contribution < 1.29 is 4.79 Å². The Balaban J connectivity index is 1.79. The highest BCUT2D eigenvalue weighted by Gasteiger charge is 2.37. The van der Waals surface area contributed by atoms with Crippen molar-refractivity contribution in [2.45, 2.75) is 52.0 Å². The van der Waals surface area contributed by atoms with Gasteiger partial charge in [0.25, 0.3) is 0 Å². The van der Waals surface area contributed by atoms with Gasteiger partial charge in [-0.1, -0.05) is 50.6 Å².